The molecule has 0 atom stereocenters. The molecule has 2 rings (SSSR count). The van der Waals surface area contributed by atoms with Crippen molar-refractivity contribution in [3.05, 3.63) is 59.7 Å². The molecule has 0 aliphatic heterocycles. The van der Waals surface area contributed by atoms with Crippen LogP contribution in [0.2, 0.25) is 0 Å². The highest BCUT2D eigenvalue weighted by Gasteiger charge is 1.99. The normalized spacial score (nSPS) is 10.5. The molecular formula is C29H46O2. The second-order valence-corrected chi connectivity index (χ2v) is 8.68. The molecule has 0 spiro atoms. The topological polar surface area (TPSA) is 40.5 Å². The van der Waals surface area contributed by atoms with Gasteiger partial charge >= 0.3 is 0 Å². The second kappa shape index (κ2) is 18.8. The van der Waals surface area contributed by atoms with Crippen LogP contribution in [0.5, 0.6) is 11.5 Å². The molecule has 0 heterocycles. The average molecular weight is 427 g/mol. The third-order valence-corrected chi connectivity index (χ3v) is 5.80. The molecule has 0 bridgehead atoms. The summed E-state index contributed by atoms with van der Waals surface area (Å²) in [6, 6.07) is 15.2. The summed E-state index contributed by atoms with van der Waals surface area (Å²) >= 11 is 0. The number of aryl methyl sites for hydroxylation is 2. The van der Waals surface area contributed by atoms with E-state index in [2.05, 4.69) is 13.8 Å². The van der Waals surface area contributed by atoms with E-state index in [1.165, 1.54) is 89.0 Å². The lowest BCUT2D eigenvalue weighted by Crippen LogP contribution is -1.87. The van der Waals surface area contributed by atoms with Gasteiger partial charge in [-0.1, -0.05) is 115 Å². The lowest BCUT2D eigenvalue weighted by molar-refractivity contribution is 0.466. The van der Waals surface area contributed by atoms with Crippen molar-refractivity contribution >= 4 is 0 Å². The lowest BCUT2D eigenvalue weighted by atomic mass is 10.0. The van der Waals surface area contributed by atoms with E-state index in [1.807, 2.05) is 30.3 Å². The monoisotopic (exact) mass is 426 g/mol. The highest BCUT2D eigenvalue weighted by Crippen LogP contribution is 2.19. The van der Waals surface area contributed by atoms with Crippen LogP contribution in [0.1, 0.15) is 108 Å². The minimum Gasteiger partial charge on any atom is -0.508 e. The maximum atomic E-state index is 9.58. The van der Waals surface area contributed by atoms with Gasteiger partial charge < -0.3 is 10.2 Å². The molecule has 0 aliphatic carbocycles. The molecular weight excluding hydrogens is 380 g/mol. The van der Waals surface area contributed by atoms with Crippen LogP contribution in [0.25, 0.3) is 0 Å². The molecule has 2 nitrogen and oxygen atoms in total. The van der Waals surface area contributed by atoms with Crippen molar-refractivity contribution in [2.45, 2.75) is 110 Å². The summed E-state index contributed by atoms with van der Waals surface area (Å²) in [5.41, 5.74) is 2.43. The highest BCUT2D eigenvalue weighted by molar-refractivity contribution is 5.31. The quantitative estimate of drug-likeness (QED) is 0.279. The molecule has 31 heavy (non-hydrogen) atoms. The fourth-order valence-corrected chi connectivity index (χ4v) is 3.77. The van der Waals surface area contributed by atoms with Crippen molar-refractivity contribution in [3.63, 3.8) is 0 Å². The molecule has 0 aromatic heterocycles. The van der Waals surface area contributed by atoms with Crippen LogP contribution in [-0.4, -0.2) is 10.2 Å². The van der Waals surface area contributed by atoms with Gasteiger partial charge in [-0.15, -0.1) is 0 Å². The van der Waals surface area contributed by atoms with Gasteiger partial charge in [0.05, 0.1) is 0 Å². The first-order valence-corrected chi connectivity index (χ1v) is 12.7. The Morgan fingerprint density at radius 2 is 1.00 bits per heavy atom. The van der Waals surface area contributed by atoms with E-state index in [0.717, 1.165) is 18.4 Å². The number of hydrogen-bond donors (Lipinski definition) is 2. The highest BCUT2D eigenvalue weighted by atomic mass is 16.3. The van der Waals surface area contributed by atoms with Gasteiger partial charge in [0.25, 0.3) is 0 Å². The first-order chi connectivity index (χ1) is 15.2. The van der Waals surface area contributed by atoms with Gasteiger partial charge in [0.2, 0.25) is 0 Å². The maximum Gasteiger partial charge on any atom is 0.118 e. The molecule has 0 saturated carbocycles. The summed E-state index contributed by atoms with van der Waals surface area (Å²) in [7, 11) is 0. The van der Waals surface area contributed by atoms with Gasteiger partial charge in [-0.25, -0.2) is 0 Å². The van der Waals surface area contributed by atoms with Crippen LogP contribution < -0.4 is 0 Å². The van der Waals surface area contributed by atoms with Gasteiger partial charge in [0, 0.05) is 0 Å². The zero-order valence-electron chi connectivity index (χ0n) is 20.1. The summed E-state index contributed by atoms with van der Waals surface area (Å²) in [5.74, 6) is 0.815. The molecule has 0 amide bonds. The van der Waals surface area contributed by atoms with Crippen molar-refractivity contribution in [1.82, 2.24) is 0 Å². The maximum absolute atomic E-state index is 9.58. The molecule has 0 aliphatic rings. The summed E-state index contributed by atoms with van der Waals surface area (Å²) in [4.78, 5) is 0. The van der Waals surface area contributed by atoms with E-state index >= 15 is 0 Å². The predicted octanol–water partition coefficient (Wildman–Crippen LogP) is 8.98. The van der Waals surface area contributed by atoms with Gasteiger partial charge in [-0.3, -0.25) is 0 Å². The number of phenols is 2. The summed E-state index contributed by atoms with van der Waals surface area (Å²) in [5, 5.41) is 18.7. The van der Waals surface area contributed by atoms with Crippen LogP contribution in [0.3, 0.4) is 0 Å². The van der Waals surface area contributed by atoms with Gasteiger partial charge in [0.15, 0.2) is 0 Å². The molecule has 0 fully saturated rings. The van der Waals surface area contributed by atoms with Crippen LogP contribution in [0.15, 0.2) is 48.5 Å². The Kier molecular flexibility index (Phi) is 16.4. The number of rotatable bonds is 15. The zero-order chi connectivity index (χ0) is 22.6. The standard InChI is InChI=1S/C15H24O.C14H22O/c1-2-3-4-5-6-7-8-11-14-12-9-10-13-15(14)16;1-2-3-4-5-6-7-8-13-9-11-14(15)12-10-13/h9-10,12-13,16H,2-8,11H2,1H3;9-12,15H,2-8H2,1H3. The molecule has 0 radical (unpaired) electrons. The third-order valence-electron chi connectivity index (χ3n) is 5.80. The van der Waals surface area contributed by atoms with E-state index in [-0.39, 0.29) is 0 Å². The SMILES string of the molecule is CCCCCCCCCc1ccccc1O.CCCCCCCCc1ccc(O)cc1. The van der Waals surface area contributed by atoms with Crippen molar-refractivity contribution in [1.29, 1.82) is 0 Å². The fraction of sp³-hybridized carbons (Fsp3) is 0.586. The first kappa shape index (κ1) is 27.1. The molecule has 0 unspecified atom stereocenters. The van der Waals surface area contributed by atoms with E-state index < -0.39 is 0 Å². The van der Waals surface area contributed by atoms with Gasteiger partial charge in [-0.05, 0) is 55.0 Å². The number of aromatic hydroxyl groups is 2. The molecule has 2 aromatic rings. The molecule has 174 valence electrons. The van der Waals surface area contributed by atoms with Crippen LogP contribution in [0, 0.1) is 0 Å². The molecule has 0 saturated heterocycles. The second-order valence-electron chi connectivity index (χ2n) is 8.68. The largest absolute Gasteiger partial charge is 0.508 e. The predicted molar refractivity (Wildman–Crippen MR) is 135 cm³/mol. The lowest BCUT2D eigenvalue weighted by Gasteiger charge is -2.04. The molecule has 2 N–H and O–H groups in total. The van der Waals surface area contributed by atoms with E-state index in [9.17, 15) is 5.11 Å². The zero-order valence-corrected chi connectivity index (χ0v) is 20.1. The number of unbranched alkanes of at least 4 members (excludes halogenated alkanes) is 11. The van der Waals surface area contributed by atoms with Crippen LogP contribution >= 0.6 is 0 Å². The van der Waals surface area contributed by atoms with E-state index in [1.54, 1.807) is 18.2 Å². The summed E-state index contributed by atoms with van der Waals surface area (Å²) in [6.07, 6.45) is 19.5. The average Bonchev–Trinajstić information content (AvgIpc) is 2.78. The van der Waals surface area contributed by atoms with Gasteiger partial charge in [-0.2, -0.15) is 0 Å². The summed E-state index contributed by atoms with van der Waals surface area (Å²) in [6.45, 7) is 4.49. The Morgan fingerprint density at radius 1 is 0.516 bits per heavy atom. The Labute approximate surface area is 191 Å². The number of para-hydroxylation sites is 1. The van der Waals surface area contributed by atoms with E-state index in [0.29, 0.717) is 11.5 Å². The number of hydrogen-bond acceptors (Lipinski definition) is 2. The van der Waals surface area contributed by atoms with Crippen LogP contribution in [0.4, 0.5) is 0 Å². The van der Waals surface area contributed by atoms with Crippen molar-refractivity contribution in [2.24, 2.45) is 0 Å². The Morgan fingerprint density at radius 3 is 1.55 bits per heavy atom. The van der Waals surface area contributed by atoms with Gasteiger partial charge in [0.1, 0.15) is 11.5 Å². The third kappa shape index (κ3) is 14.6. The minimum atomic E-state index is 0.363. The Balaban J connectivity index is 0.000000311. The Hall–Kier alpha value is -1.96. The Bertz CT molecular complexity index is 648. The fourth-order valence-electron chi connectivity index (χ4n) is 3.77. The van der Waals surface area contributed by atoms with Crippen molar-refractivity contribution in [3.8, 4) is 11.5 Å². The molecule has 2 aromatic carbocycles. The van der Waals surface area contributed by atoms with E-state index in [4.69, 9.17) is 5.11 Å². The first-order valence-electron chi connectivity index (χ1n) is 12.7. The van der Waals surface area contributed by atoms with Crippen LogP contribution in [-0.2, 0) is 12.8 Å². The smallest absolute Gasteiger partial charge is 0.118 e. The van der Waals surface area contributed by atoms with Crippen molar-refractivity contribution in [2.75, 3.05) is 0 Å². The summed E-state index contributed by atoms with van der Waals surface area (Å²) < 4.78 is 0. The number of benzene rings is 2. The molecule has 2 heteroatoms. The van der Waals surface area contributed by atoms with Crippen molar-refractivity contribution < 1.29 is 10.2 Å². The minimum absolute atomic E-state index is 0.363. The number of phenolic OH excluding ortho intramolecular Hbond substituents is 2.